The zero-order valence-corrected chi connectivity index (χ0v) is 7.64. The molecule has 0 heterocycles. The van der Waals surface area contributed by atoms with Gasteiger partial charge in [-0.2, -0.15) is 0 Å². The highest BCUT2D eigenvalue weighted by molar-refractivity contribution is 5.74. The van der Waals surface area contributed by atoms with Crippen molar-refractivity contribution >= 4 is 5.91 Å². The molecular weight excluding hydrogens is 209 g/mol. The minimum absolute atomic E-state index is 0.447. The van der Waals surface area contributed by atoms with E-state index in [-0.39, 0.29) is 0 Å². The van der Waals surface area contributed by atoms with Crippen molar-refractivity contribution in [2.75, 3.05) is 0 Å². The molecule has 0 radical (unpaired) electrons. The standard InChI is InChI=1S/C9H9F3N2O/c10-4-1-2-5(11)9(12)8(4)6(13)3-7(14)15/h1-2,6H,3,13H2,(H2,14,15). The van der Waals surface area contributed by atoms with Crippen molar-refractivity contribution in [1.29, 1.82) is 0 Å². The highest BCUT2D eigenvalue weighted by Gasteiger charge is 2.21. The van der Waals surface area contributed by atoms with Gasteiger partial charge in [-0.25, -0.2) is 13.2 Å². The summed E-state index contributed by atoms with van der Waals surface area (Å²) in [6.45, 7) is 0. The Hall–Kier alpha value is -1.56. The molecule has 0 fully saturated rings. The molecule has 1 aromatic rings. The van der Waals surface area contributed by atoms with Crippen LogP contribution >= 0.6 is 0 Å². The van der Waals surface area contributed by atoms with Crippen LogP contribution in [0.2, 0.25) is 0 Å². The van der Waals surface area contributed by atoms with Gasteiger partial charge in [0.2, 0.25) is 5.91 Å². The van der Waals surface area contributed by atoms with Crippen molar-refractivity contribution in [3.63, 3.8) is 0 Å². The molecule has 0 saturated carbocycles. The summed E-state index contributed by atoms with van der Waals surface area (Å²) in [4.78, 5) is 10.5. The average molecular weight is 218 g/mol. The van der Waals surface area contributed by atoms with Crippen LogP contribution in [0.25, 0.3) is 0 Å². The number of benzene rings is 1. The van der Waals surface area contributed by atoms with E-state index in [1.165, 1.54) is 0 Å². The third-order valence-electron chi connectivity index (χ3n) is 1.87. The van der Waals surface area contributed by atoms with Gasteiger partial charge in [-0.1, -0.05) is 0 Å². The first-order valence-corrected chi connectivity index (χ1v) is 4.10. The van der Waals surface area contributed by atoms with Crippen molar-refractivity contribution in [3.05, 3.63) is 35.1 Å². The van der Waals surface area contributed by atoms with E-state index in [1.807, 2.05) is 0 Å². The molecule has 0 bridgehead atoms. The normalized spacial score (nSPS) is 12.5. The van der Waals surface area contributed by atoms with Gasteiger partial charge in [-0.05, 0) is 12.1 Å². The predicted molar refractivity (Wildman–Crippen MR) is 47.1 cm³/mol. The monoisotopic (exact) mass is 218 g/mol. The zero-order chi connectivity index (χ0) is 11.6. The fourth-order valence-electron chi connectivity index (χ4n) is 1.20. The molecule has 0 aliphatic heterocycles. The minimum Gasteiger partial charge on any atom is -0.370 e. The maximum atomic E-state index is 13.1. The molecule has 0 aromatic heterocycles. The second kappa shape index (κ2) is 4.31. The summed E-state index contributed by atoms with van der Waals surface area (Å²) in [5.41, 5.74) is 9.47. The van der Waals surface area contributed by atoms with E-state index in [4.69, 9.17) is 11.5 Å². The van der Waals surface area contributed by atoms with Gasteiger partial charge in [0.15, 0.2) is 11.6 Å². The minimum atomic E-state index is -1.39. The molecule has 82 valence electrons. The molecule has 1 unspecified atom stereocenters. The van der Waals surface area contributed by atoms with E-state index >= 15 is 0 Å². The second-order valence-corrected chi connectivity index (χ2v) is 3.03. The molecule has 15 heavy (non-hydrogen) atoms. The van der Waals surface area contributed by atoms with E-state index in [1.54, 1.807) is 0 Å². The lowest BCUT2D eigenvalue weighted by Crippen LogP contribution is -2.23. The van der Waals surface area contributed by atoms with Gasteiger partial charge in [0.25, 0.3) is 0 Å². The lowest BCUT2D eigenvalue weighted by molar-refractivity contribution is -0.118. The number of halogens is 3. The van der Waals surface area contributed by atoms with E-state index in [2.05, 4.69) is 0 Å². The number of primary amides is 1. The molecule has 0 aliphatic carbocycles. The number of nitrogens with two attached hydrogens (primary N) is 2. The average Bonchev–Trinajstić information content (AvgIpc) is 2.11. The summed E-state index contributed by atoms with van der Waals surface area (Å²) in [6, 6.07) is 0.109. The Bertz CT molecular complexity index is 395. The first kappa shape index (κ1) is 11.5. The van der Waals surface area contributed by atoms with E-state index < -0.39 is 41.4 Å². The van der Waals surface area contributed by atoms with Gasteiger partial charge in [0.05, 0.1) is 0 Å². The Morgan fingerprint density at radius 2 is 1.80 bits per heavy atom. The maximum absolute atomic E-state index is 13.1. The number of carbonyl (C=O) groups excluding carboxylic acids is 1. The molecule has 0 spiro atoms. The van der Waals surface area contributed by atoms with E-state index in [0.29, 0.717) is 6.07 Å². The van der Waals surface area contributed by atoms with E-state index in [0.717, 1.165) is 6.07 Å². The summed E-state index contributed by atoms with van der Waals surface area (Å²) in [5, 5.41) is 0. The van der Waals surface area contributed by atoms with Crippen molar-refractivity contribution in [1.82, 2.24) is 0 Å². The van der Waals surface area contributed by atoms with Crippen LogP contribution in [-0.2, 0) is 4.79 Å². The van der Waals surface area contributed by atoms with Crippen LogP contribution in [0.15, 0.2) is 12.1 Å². The lowest BCUT2D eigenvalue weighted by Gasteiger charge is -2.12. The van der Waals surface area contributed by atoms with Crippen LogP contribution in [-0.4, -0.2) is 5.91 Å². The maximum Gasteiger partial charge on any atom is 0.219 e. The van der Waals surface area contributed by atoms with Gasteiger partial charge >= 0.3 is 0 Å². The molecule has 1 atom stereocenters. The fourth-order valence-corrected chi connectivity index (χ4v) is 1.20. The molecule has 3 nitrogen and oxygen atoms in total. The molecule has 1 aromatic carbocycles. The van der Waals surface area contributed by atoms with Gasteiger partial charge in [-0.15, -0.1) is 0 Å². The number of hydrogen-bond acceptors (Lipinski definition) is 2. The molecule has 1 amide bonds. The van der Waals surface area contributed by atoms with Gasteiger partial charge < -0.3 is 11.5 Å². The third kappa shape index (κ3) is 2.47. The highest BCUT2D eigenvalue weighted by Crippen LogP contribution is 2.23. The van der Waals surface area contributed by atoms with Crippen molar-refractivity contribution in [2.24, 2.45) is 11.5 Å². The molecule has 0 saturated heterocycles. The van der Waals surface area contributed by atoms with Crippen molar-refractivity contribution in [3.8, 4) is 0 Å². The molecule has 4 N–H and O–H groups in total. The summed E-state index contributed by atoms with van der Waals surface area (Å²) >= 11 is 0. The lowest BCUT2D eigenvalue weighted by atomic mass is 10.0. The first-order valence-electron chi connectivity index (χ1n) is 4.10. The Kier molecular flexibility index (Phi) is 3.31. The Balaban J connectivity index is 3.12. The zero-order valence-electron chi connectivity index (χ0n) is 7.64. The van der Waals surface area contributed by atoms with Gasteiger partial charge in [0, 0.05) is 18.0 Å². The van der Waals surface area contributed by atoms with Crippen LogP contribution in [0.4, 0.5) is 13.2 Å². The Morgan fingerprint density at radius 3 is 2.33 bits per heavy atom. The second-order valence-electron chi connectivity index (χ2n) is 3.03. The van der Waals surface area contributed by atoms with Crippen molar-refractivity contribution in [2.45, 2.75) is 12.5 Å². The third-order valence-corrected chi connectivity index (χ3v) is 1.87. The SMILES string of the molecule is NC(=O)CC(N)c1c(F)ccc(F)c1F. The number of hydrogen-bond donors (Lipinski definition) is 2. The quantitative estimate of drug-likeness (QED) is 0.742. The molecule has 1 rings (SSSR count). The summed E-state index contributed by atoms with van der Waals surface area (Å²) in [6.07, 6.45) is -0.447. The number of rotatable bonds is 3. The topological polar surface area (TPSA) is 69.1 Å². The Labute approximate surface area is 83.9 Å². The highest BCUT2D eigenvalue weighted by atomic mass is 19.2. The van der Waals surface area contributed by atoms with Gasteiger partial charge in [0.1, 0.15) is 5.82 Å². The smallest absolute Gasteiger partial charge is 0.219 e. The van der Waals surface area contributed by atoms with Crippen LogP contribution in [0.5, 0.6) is 0 Å². The first-order chi connectivity index (χ1) is 6.93. The summed E-state index contributed by atoms with van der Waals surface area (Å²) in [7, 11) is 0. The van der Waals surface area contributed by atoms with Crippen LogP contribution in [0, 0.1) is 17.5 Å². The van der Waals surface area contributed by atoms with Crippen molar-refractivity contribution < 1.29 is 18.0 Å². The van der Waals surface area contributed by atoms with E-state index in [9.17, 15) is 18.0 Å². The molecular formula is C9H9F3N2O. The Morgan fingerprint density at radius 1 is 1.27 bits per heavy atom. The largest absolute Gasteiger partial charge is 0.370 e. The van der Waals surface area contributed by atoms with Crippen LogP contribution < -0.4 is 11.5 Å². The predicted octanol–water partition coefficient (Wildman–Crippen LogP) is 0.979. The summed E-state index contributed by atoms with van der Waals surface area (Å²) in [5.74, 6) is -4.41. The fraction of sp³-hybridized carbons (Fsp3) is 0.222. The molecule has 0 aliphatic rings. The number of carbonyl (C=O) groups is 1. The molecule has 6 heteroatoms. The van der Waals surface area contributed by atoms with Crippen LogP contribution in [0.3, 0.4) is 0 Å². The number of amides is 1. The summed E-state index contributed by atoms with van der Waals surface area (Å²) < 4.78 is 39.0. The van der Waals surface area contributed by atoms with Crippen LogP contribution in [0.1, 0.15) is 18.0 Å². The van der Waals surface area contributed by atoms with Gasteiger partial charge in [-0.3, -0.25) is 4.79 Å².